The normalized spacial score (nSPS) is 12.9. The summed E-state index contributed by atoms with van der Waals surface area (Å²) in [5.74, 6) is 1.72. The van der Waals surface area contributed by atoms with Gasteiger partial charge in [0.1, 0.15) is 0 Å². The second-order valence-corrected chi connectivity index (χ2v) is 16.3. The molecule has 1 aliphatic carbocycles. The molecule has 0 fully saturated rings. The van der Waals surface area contributed by atoms with Gasteiger partial charge in [0.2, 0.25) is 0 Å². The summed E-state index contributed by atoms with van der Waals surface area (Å²) in [6.07, 6.45) is 0. The predicted molar refractivity (Wildman–Crippen MR) is 247 cm³/mol. The van der Waals surface area contributed by atoms with Crippen LogP contribution in [0.3, 0.4) is 0 Å². The molecule has 12 rings (SSSR count). The molecule has 0 atom stereocenters. The van der Waals surface area contributed by atoms with E-state index < -0.39 is 0 Å². The molecule has 3 aromatic heterocycles. The number of nitriles is 1. The number of hydrogen-bond acceptors (Lipinski definition) is 4. The minimum absolute atomic E-state index is 0.303. The van der Waals surface area contributed by atoms with Crippen LogP contribution in [0.2, 0.25) is 0 Å². The number of aromatic nitrogens is 5. The van der Waals surface area contributed by atoms with E-state index in [9.17, 15) is 5.26 Å². The van der Waals surface area contributed by atoms with Crippen LogP contribution in [0, 0.1) is 11.3 Å². The number of nitrogens with zero attached hydrogens (tertiary/aromatic N) is 6. The van der Waals surface area contributed by atoms with Crippen LogP contribution in [0.1, 0.15) is 30.5 Å². The van der Waals surface area contributed by atoms with Crippen molar-refractivity contribution in [2.24, 2.45) is 0 Å². The Hall–Kier alpha value is -8.14. The summed E-state index contributed by atoms with van der Waals surface area (Å²) in [5.41, 5.74) is 15.1. The van der Waals surface area contributed by atoms with Crippen molar-refractivity contribution in [3.05, 3.63) is 199 Å². The fraction of sp³-hybridized carbons (Fsp3) is 0.0545. The minimum atomic E-state index is -0.303. The van der Waals surface area contributed by atoms with Gasteiger partial charge in [-0.15, -0.1) is 0 Å². The molecule has 286 valence electrons. The van der Waals surface area contributed by atoms with E-state index in [2.05, 4.69) is 156 Å². The van der Waals surface area contributed by atoms with Crippen molar-refractivity contribution >= 4 is 43.6 Å². The molecule has 1 aliphatic rings. The average Bonchev–Trinajstić information content (AvgIpc) is 3.93. The van der Waals surface area contributed by atoms with Crippen LogP contribution in [0.15, 0.2) is 182 Å². The van der Waals surface area contributed by atoms with Crippen molar-refractivity contribution in [2.45, 2.75) is 19.3 Å². The maximum Gasteiger partial charge on any atom is 0.164 e. The lowest BCUT2D eigenvalue weighted by molar-refractivity contribution is 0.664. The van der Waals surface area contributed by atoms with Crippen LogP contribution in [-0.2, 0) is 5.41 Å². The SMILES string of the molecule is CC1(C)c2ccccc2-c2c1c1c(c3ccccc3n1-c1ccc(-c3nc(-c4ccccc4)nc(-c4ccc(C#N)cc4)n3)cc1)c1c3ccccc3n(-c3ccccc3)c21. The van der Waals surface area contributed by atoms with Gasteiger partial charge in [0.05, 0.1) is 33.7 Å². The third kappa shape index (κ3) is 5.11. The third-order valence-corrected chi connectivity index (χ3v) is 12.6. The van der Waals surface area contributed by atoms with E-state index in [0.717, 1.165) is 33.6 Å². The summed E-state index contributed by atoms with van der Waals surface area (Å²) >= 11 is 0. The summed E-state index contributed by atoms with van der Waals surface area (Å²) < 4.78 is 4.98. The topological polar surface area (TPSA) is 72.3 Å². The van der Waals surface area contributed by atoms with Crippen molar-refractivity contribution < 1.29 is 0 Å². The lowest BCUT2D eigenvalue weighted by Gasteiger charge is -2.24. The van der Waals surface area contributed by atoms with Gasteiger partial charge in [-0.2, -0.15) is 5.26 Å². The summed E-state index contributed by atoms with van der Waals surface area (Å²) in [7, 11) is 0. The molecule has 0 N–H and O–H groups in total. The van der Waals surface area contributed by atoms with Crippen LogP contribution in [0.4, 0.5) is 0 Å². The number of hydrogen-bond donors (Lipinski definition) is 0. The highest BCUT2D eigenvalue weighted by Crippen LogP contribution is 2.58. The smallest absolute Gasteiger partial charge is 0.164 e. The van der Waals surface area contributed by atoms with Crippen LogP contribution in [-0.4, -0.2) is 24.1 Å². The molecule has 6 heteroatoms. The lowest BCUT2D eigenvalue weighted by atomic mass is 9.81. The van der Waals surface area contributed by atoms with Gasteiger partial charge < -0.3 is 9.13 Å². The Morgan fingerprint density at radius 1 is 0.459 bits per heavy atom. The predicted octanol–water partition coefficient (Wildman–Crippen LogP) is 13.2. The van der Waals surface area contributed by atoms with Gasteiger partial charge in [-0.1, -0.05) is 123 Å². The van der Waals surface area contributed by atoms with Gasteiger partial charge in [-0.3, -0.25) is 0 Å². The third-order valence-electron chi connectivity index (χ3n) is 12.6. The van der Waals surface area contributed by atoms with Gasteiger partial charge in [0, 0.05) is 60.6 Å². The summed E-state index contributed by atoms with van der Waals surface area (Å²) in [4.78, 5) is 14.9. The first-order valence-electron chi connectivity index (χ1n) is 20.6. The molecule has 0 saturated carbocycles. The van der Waals surface area contributed by atoms with Gasteiger partial charge in [0.25, 0.3) is 0 Å². The van der Waals surface area contributed by atoms with E-state index in [-0.39, 0.29) is 5.41 Å². The fourth-order valence-electron chi connectivity index (χ4n) is 9.87. The maximum absolute atomic E-state index is 9.44. The standard InChI is InChI=1S/C55H36N6/c1-55(2)43-22-12-9-19-40(43)48-49(55)51-47(46-41-20-10-13-23-44(41)60(50(46)48)38-17-7-4-8-18-38)42-21-11-14-24-45(42)61(51)39-31-29-37(30-32-39)54-58-52(35-15-5-3-6-16-35)57-53(59-54)36-27-25-34(33-56)26-28-36/h3-32H,1-2H3. The molecule has 0 amide bonds. The molecule has 0 radical (unpaired) electrons. The summed E-state index contributed by atoms with van der Waals surface area (Å²) in [5, 5.41) is 14.4. The summed E-state index contributed by atoms with van der Waals surface area (Å²) in [6, 6.07) is 65.8. The second-order valence-electron chi connectivity index (χ2n) is 16.3. The molecule has 0 unspecified atom stereocenters. The number of rotatable bonds is 5. The van der Waals surface area contributed by atoms with Crippen molar-refractivity contribution in [3.63, 3.8) is 0 Å². The zero-order valence-corrected chi connectivity index (χ0v) is 33.5. The first-order chi connectivity index (χ1) is 30.0. The Bertz CT molecular complexity index is 3590. The van der Waals surface area contributed by atoms with E-state index in [4.69, 9.17) is 15.0 Å². The van der Waals surface area contributed by atoms with Crippen molar-refractivity contribution in [2.75, 3.05) is 0 Å². The lowest BCUT2D eigenvalue weighted by Crippen LogP contribution is -2.16. The van der Waals surface area contributed by atoms with Crippen molar-refractivity contribution in [1.29, 1.82) is 5.26 Å². The highest BCUT2D eigenvalue weighted by Gasteiger charge is 2.41. The van der Waals surface area contributed by atoms with Crippen LogP contribution >= 0.6 is 0 Å². The molecule has 3 heterocycles. The quantitative estimate of drug-likeness (QED) is 0.174. The van der Waals surface area contributed by atoms with E-state index in [0.29, 0.717) is 23.0 Å². The molecule has 61 heavy (non-hydrogen) atoms. The first-order valence-corrected chi connectivity index (χ1v) is 20.6. The molecule has 6 nitrogen and oxygen atoms in total. The van der Waals surface area contributed by atoms with Crippen molar-refractivity contribution in [1.82, 2.24) is 24.1 Å². The zero-order chi connectivity index (χ0) is 40.8. The largest absolute Gasteiger partial charge is 0.309 e. The van der Waals surface area contributed by atoms with Crippen LogP contribution in [0.5, 0.6) is 0 Å². The second kappa shape index (κ2) is 13.2. The number of fused-ring (bicyclic) bond motifs is 12. The van der Waals surface area contributed by atoms with Gasteiger partial charge >= 0.3 is 0 Å². The maximum atomic E-state index is 9.44. The van der Waals surface area contributed by atoms with E-state index >= 15 is 0 Å². The van der Waals surface area contributed by atoms with E-state index in [1.54, 1.807) is 12.1 Å². The molecule has 8 aromatic carbocycles. The average molecular weight is 781 g/mol. The monoisotopic (exact) mass is 780 g/mol. The Morgan fingerprint density at radius 3 is 1.52 bits per heavy atom. The Kier molecular flexibility index (Phi) is 7.54. The highest BCUT2D eigenvalue weighted by atomic mass is 15.0. The molecular formula is C55H36N6. The molecule has 11 aromatic rings. The number of para-hydroxylation sites is 3. The molecular weight excluding hydrogens is 745 g/mol. The van der Waals surface area contributed by atoms with Gasteiger partial charge in [0.15, 0.2) is 17.5 Å². The Balaban J connectivity index is 1.14. The van der Waals surface area contributed by atoms with Crippen LogP contribution < -0.4 is 0 Å². The fourth-order valence-corrected chi connectivity index (χ4v) is 9.87. The van der Waals surface area contributed by atoms with Gasteiger partial charge in [-0.05, 0) is 89.5 Å². The molecule has 0 spiro atoms. The van der Waals surface area contributed by atoms with E-state index in [1.807, 2.05) is 42.5 Å². The molecule has 0 saturated heterocycles. The zero-order valence-electron chi connectivity index (χ0n) is 33.5. The highest BCUT2D eigenvalue weighted by molar-refractivity contribution is 6.33. The van der Waals surface area contributed by atoms with Gasteiger partial charge in [-0.25, -0.2) is 15.0 Å². The number of benzene rings is 8. The van der Waals surface area contributed by atoms with Crippen LogP contribution in [0.25, 0.3) is 100 Å². The first kappa shape index (κ1) is 34.9. The Labute approximate surface area is 352 Å². The molecule has 0 bridgehead atoms. The summed E-state index contributed by atoms with van der Waals surface area (Å²) in [6.45, 7) is 4.78. The van der Waals surface area contributed by atoms with E-state index in [1.165, 1.54) is 60.3 Å². The van der Waals surface area contributed by atoms with Crippen molar-refractivity contribution in [3.8, 4) is 62.7 Å². The molecule has 0 aliphatic heterocycles. The minimum Gasteiger partial charge on any atom is -0.309 e. The Morgan fingerprint density at radius 2 is 0.918 bits per heavy atom.